The van der Waals surface area contributed by atoms with Gasteiger partial charge in [0, 0.05) is 11.1 Å². The first-order valence-corrected chi connectivity index (χ1v) is 15.3. The van der Waals surface area contributed by atoms with Crippen LogP contribution in [0.4, 0.5) is 8.78 Å². The van der Waals surface area contributed by atoms with E-state index in [0.717, 1.165) is 6.07 Å². The summed E-state index contributed by atoms with van der Waals surface area (Å²) in [4.78, 5) is 25.1. The molecule has 43 heavy (non-hydrogen) atoms. The van der Waals surface area contributed by atoms with Crippen LogP contribution >= 0.6 is 7.82 Å². The first-order valence-electron chi connectivity index (χ1n) is 13.8. The molecule has 0 amide bonds. The lowest BCUT2D eigenvalue weighted by atomic mass is 10.0. The summed E-state index contributed by atoms with van der Waals surface area (Å²) in [5.41, 5.74) is 0.641. The molecule has 13 nitrogen and oxygen atoms in total. The number of rotatable bonds is 12. The van der Waals surface area contributed by atoms with Crippen molar-refractivity contribution < 1.29 is 50.7 Å². The van der Waals surface area contributed by atoms with Crippen LogP contribution in [0.1, 0.15) is 46.4 Å². The maximum atomic E-state index is 14.8. The predicted octanol–water partition coefficient (Wildman–Crippen LogP) is 4.76. The molecule has 0 radical (unpaired) electrons. The van der Waals surface area contributed by atoms with E-state index in [1.54, 1.807) is 38.3 Å². The van der Waals surface area contributed by atoms with E-state index in [0.29, 0.717) is 16.7 Å². The number of alkyl halides is 2. The summed E-state index contributed by atoms with van der Waals surface area (Å²) in [5, 5.41) is 0. The topological polar surface area (TPSA) is 142 Å². The van der Waals surface area contributed by atoms with Crippen LogP contribution < -0.4 is 0 Å². The van der Waals surface area contributed by atoms with Crippen molar-refractivity contribution in [2.45, 2.75) is 70.9 Å². The van der Waals surface area contributed by atoms with Crippen LogP contribution in [0.15, 0.2) is 36.9 Å². The first kappa shape index (κ1) is 31.5. The Morgan fingerprint density at radius 1 is 1.05 bits per heavy atom. The van der Waals surface area contributed by atoms with Gasteiger partial charge in [-0.25, -0.2) is 24.3 Å². The lowest BCUT2D eigenvalue weighted by Gasteiger charge is -2.25. The van der Waals surface area contributed by atoms with Crippen LogP contribution in [-0.4, -0.2) is 76.0 Å². The summed E-state index contributed by atoms with van der Waals surface area (Å²) < 4.78 is 83.3. The molecule has 1 aromatic carbocycles. The van der Waals surface area contributed by atoms with Gasteiger partial charge in [0.2, 0.25) is 0 Å². The average molecular weight is 627 g/mol. The number of ether oxygens (including phenoxy) is 4. The smallest absolute Gasteiger partial charge is 0.461 e. The zero-order chi connectivity index (χ0) is 31.0. The second kappa shape index (κ2) is 12.2. The summed E-state index contributed by atoms with van der Waals surface area (Å²) in [6.45, 7) is 8.20. The molecule has 2 fully saturated rings. The summed E-state index contributed by atoms with van der Waals surface area (Å²) in [6, 6.07) is 5.28. The molecule has 3 aromatic rings. The van der Waals surface area contributed by atoms with Crippen molar-refractivity contribution in [3.63, 3.8) is 0 Å². The van der Waals surface area contributed by atoms with E-state index in [2.05, 4.69) is 19.7 Å². The molecule has 0 spiro atoms. The fraction of sp³-hybridized carbons (Fsp3) is 0.556. The van der Waals surface area contributed by atoms with E-state index in [4.69, 9.17) is 27.8 Å². The Hall–Kier alpha value is -2.91. The van der Waals surface area contributed by atoms with Gasteiger partial charge in [-0.15, -0.1) is 0 Å². The highest BCUT2D eigenvalue weighted by atomic mass is 31.2. The molecule has 2 unspecified atom stereocenters. The molecule has 16 heteroatoms. The number of carbonyl (C=O) groups excluding carboxylic acids is 1. The van der Waals surface area contributed by atoms with Crippen LogP contribution in [0.2, 0.25) is 0 Å². The molecule has 0 N–H and O–H groups in total. The van der Waals surface area contributed by atoms with Gasteiger partial charge in [-0.3, -0.25) is 18.1 Å². The van der Waals surface area contributed by atoms with Crippen molar-refractivity contribution in [3.8, 4) is 11.3 Å². The second-order valence-electron chi connectivity index (χ2n) is 10.1. The zero-order valence-corrected chi connectivity index (χ0v) is 25.2. The van der Waals surface area contributed by atoms with Crippen LogP contribution in [0.3, 0.4) is 0 Å². The third-order valence-corrected chi connectivity index (χ3v) is 8.37. The lowest BCUT2D eigenvalue weighted by molar-refractivity contribution is -0.199. The number of imidazole rings is 1. The second-order valence-corrected chi connectivity index (χ2v) is 11.8. The van der Waals surface area contributed by atoms with E-state index < -0.39 is 55.6 Å². The number of halogens is 2. The van der Waals surface area contributed by atoms with E-state index in [1.807, 2.05) is 0 Å². The number of aromatic nitrogens is 4. The van der Waals surface area contributed by atoms with Crippen LogP contribution in [0, 0.1) is 0 Å². The van der Waals surface area contributed by atoms with Gasteiger partial charge in [-0.1, -0.05) is 18.2 Å². The first-order chi connectivity index (χ1) is 20.4. The number of benzene rings is 1. The minimum Gasteiger partial charge on any atom is -0.461 e. The van der Waals surface area contributed by atoms with E-state index in [9.17, 15) is 18.1 Å². The molecular weight excluding hydrogens is 593 g/mol. The highest BCUT2D eigenvalue weighted by Crippen LogP contribution is 2.51. The molecule has 0 aliphatic carbocycles. The molecule has 2 aliphatic heterocycles. The number of hydrogen-bond acceptors (Lipinski definition) is 12. The van der Waals surface area contributed by atoms with E-state index in [1.165, 1.54) is 31.7 Å². The summed E-state index contributed by atoms with van der Waals surface area (Å²) in [6.07, 6.45) is -0.0279. The van der Waals surface area contributed by atoms with Gasteiger partial charge < -0.3 is 18.9 Å². The Bertz CT molecular complexity index is 1510. The Kier molecular flexibility index (Phi) is 8.96. The lowest BCUT2D eigenvalue weighted by Crippen LogP contribution is -2.32. The standard InChI is InChI=1S/C27H33F2N4O9P/c1-6-36-25(34)27(28,29)17-11-9-10-16(12-17)19-20-23(31-14-30-19)33(15-32-20)24-22-21(41-26(4,5)42-22)18(40-24)13-39-43(35,37-7-2)38-8-3/h9-12,14-15,18,21-22,24H,6-8,13H2,1-5H3/t18-,21?,22?,24-/m1/s1. The monoisotopic (exact) mass is 626 g/mol. The van der Waals surface area contributed by atoms with Gasteiger partial charge in [0.25, 0.3) is 0 Å². The normalized spacial score (nSPS) is 23.5. The van der Waals surface area contributed by atoms with Crippen molar-refractivity contribution in [1.82, 2.24) is 19.5 Å². The third kappa shape index (κ3) is 6.21. The average Bonchev–Trinajstić information content (AvgIpc) is 3.63. The van der Waals surface area contributed by atoms with Gasteiger partial charge in [0.05, 0.1) is 32.8 Å². The van der Waals surface area contributed by atoms with Crippen molar-refractivity contribution in [2.24, 2.45) is 0 Å². The van der Waals surface area contributed by atoms with E-state index >= 15 is 0 Å². The zero-order valence-electron chi connectivity index (χ0n) is 24.3. The number of nitrogens with zero attached hydrogens (tertiary/aromatic N) is 4. The molecule has 234 valence electrons. The minimum absolute atomic E-state index is 0.122. The van der Waals surface area contributed by atoms with Gasteiger partial charge >= 0.3 is 19.7 Å². The number of phosphoric acid groups is 1. The third-order valence-electron chi connectivity index (χ3n) is 6.76. The SMILES string of the molecule is CCOC(=O)C(F)(F)c1cccc(-c2ncnc3c2ncn3[C@@H]2O[C@H](COP(=O)(OCC)OCC)C3OC(C)(C)OC32)c1. The fourth-order valence-corrected chi connectivity index (χ4v) is 6.25. The number of phosphoric ester groups is 1. The highest BCUT2D eigenvalue weighted by molar-refractivity contribution is 7.48. The molecule has 5 rings (SSSR count). The fourth-order valence-electron chi connectivity index (χ4n) is 5.06. The largest absolute Gasteiger partial charge is 0.474 e. The Morgan fingerprint density at radius 3 is 2.47 bits per heavy atom. The van der Waals surface area contributed by atoms with Crippen molar-refractivity contribution in [2.75, 3.05) is 26.4 Å². The molecule has 4 heterocycles. The quantitative estimate of drug-likeness (QED) is 0.202. The van der Waals surface area contributed by atoms with Gasteiger partial charge in [0.1, 0.15) is 35.8 Å². The van der Waals surface area contributed by atoms with E-state index in [-0.39, 0.29) is 32.1 Å². The summed E-state index contributed by atoms with van der Waals surface area (Å²) in [5.74, 6) is -6.46. The van der Waals surface area contributed by atoms with Gasteiger partial charge in [0.15, 0.2) is 17.7 Å². The number of esters is 1. The molecule has 0 bridgehead atoms. The minimum atomic E-state index is -3.86. The molecule has 2 saturated heterocycles. The van der Waals surface area contributed by atoms with Crippen molar-refractivity contribution in [1.29, 1.82) is 0 Å². The summed E-state index contributed by atoms with van der Waals surface area (Å²) in [7, 11) is -3.82. The number of carbonyl (C=O) groups is 1. The molecule has 2 aliphatic rings. The number of hydrogen-bond donors (Lipinski definition) is 0. The van der Waals surface area contributed by atoms with Crippen molar-refractivity contribution in [3.05, 3.63) is 42.5 Å². The van der Waals surface area contributed by atoms with Crippen molar-refractivity contribution >= 4 is 25.0 Å². The maximum absolute atomic E-state index is 14.8. The molecule has 2 aromatic heterocycles. The van der Waals surface area contributed by atoms with Crippen LogP contribution in [0.25, 0.3) is 22.4 Å². The molecular formula is C27H33F2N4O9P. The molecule has 0 saturated carbocycles. The van der Waals surface area contributed by atoms with Gasteiger partial charge in [-0.2, -0.15) is 8.78 Å². The number of fused-ring (bicyclic) bond motifs is 2. The van der Waals surface area contributed by atoms with Crippen LogP contribution in [0.5, 0.6) is 0 Å². The summed E-state index contributed by atoms with van der Waals surface area (Å²) >= 11 is 0. The Labute approximate surface area is 246 Å². The Morgan fingerprint density at radius 2 is 1.77 bits per heavy atom. The van der Waals surface area contributed by atoms with Gasteiger partial charge in [-0.05, 0) is 40.7 Å². The van der Waals surface area contributed by atoms with Crippen LogP contribution in [-0.2, 0) is 47.8 Å². The Balaban J connectivity index is 1.46. The highest BCUT2D eigenvalue weighted by Gasteiger charge is 2.56. The molecule has 4 atom stereocenters. The predicted molar refractivity (Wildman–Crippen MR) is 146 cm³/mol. The maximum Gasteiger partial charge on any atom is 0.474 e.